The van der Waals surface area contributed by atoms with Crippen LogP contribution in [0.5, 0.6) is 0 Å². The fourth-order valence-electron chi connectivity index (χ4n) is 3.86. The zero-order chi connectivity index (χ0) is 21.7. The van der Waals surface area contributed by atoms with E-state index in [1.807, 2.05) is 20.8 Å². The van der Waals surface area contributed by atoms with Crippen molar-refractivity contribution in [3.05, 3.63) is 35.1 Å². The van der Waals surface area contributed by atoms with Gasteiger partial charge in [0, 0.05) is 6.92 Å². The second-order valence-electron chi connectivity index (χ2n) is 9.11. The summed E-state index contributed by atoms with van der Waals surface area (Å²) in [6.07, 6.45) is 3.81. The minimum absolute atomic E-state index is 0.00666. The fraction of sp³-hybridized carbons (Fsp3) is 0.619. The van der Waals surface area contributed by atoms with Crippen LogP contribution in [0.15, 0.2) is 21.7 Å². The lowest BCUT2D eigenvalue weighted by Gasteiger charge is -2.27. The number of amides is 1. The van der Waals surface area contributed by atoms with Gasteiger partial charge in [-0.3, -0.25) is 4.79 Å². The second kappa shape index (κ2) is 7.44. The van der Waals surface area contributed by atoms with Crippen molar-refractivity contribution < 1.29 is 17.7 Å². The van der Waals surface area contributed by atoms with Crippen molar-refractivity contribution in [2.75, 3.05) is 5.75 Å². The normalized spacial score (nSPS) is 19.0. The lowest BCUT2D eigenvalue weighted by molar-refractivity contribution is 0.0879. The third-order valence-electron chi connectivity index (χ3n) is 5.75. The lowest BCUT2D eigenvalue weighted by Crippen LogP contribution is -2.46. The van der Waals surface area contributed by atoms with E-state index in [1.54, 1.807) is 19.1 Å². The van der Waals surface area contributed by atoms with Crippen LogP contribution in [0.3, 0.4) is 0 Å². The molecule has 8 nitrogen and oxygen atoms in total. The molecule has 2 aliphatic carbocycles. The first-order valence-corrected chi connectivity index (χ1v) is 12.1. The van der Waals surface area contributed by atoms with E-state index in [2.05, 4.69) is 20.4 Å². The first-order chi connectivity index (χ1) is 14.1. The van der Waals surface area contributed by atoms with E-state index in [1.165, 1.54) is 0 Å². The minimum atomic E-state index is -3.58. The SMILES string of the molecule is Cc1nc([C@@](C)(NC(=O)c2ccc(C3CC3)c(S(=O)(=O)CC(C)C)n2)C2CC2)no1. The Bertz CT molecular complexity index is 1070. The topological polar surface area (TPSA) is 115 Å². The largest absolute Gasteiger partial charge is 0.340 e. The molecule has 2 aliphatic rings. The average Bonchev–Trinajstić information content (AvgIpc) is 3.58. The standard InChI is InChI=1S/C21H28N4O4S/c1-12(2)11-30(27,28)19-16(14-5-6-14)9-10-17(23-19)18(26)24-21(4,15-7-8-15)20-22-13(3)29-25-20/h9-10,12,14-15H,5-8,11H2,1-4H3,(H,24,26)/t21-/m0/s1. The Morgan fingerprint density at radius 3 is 2.47 bits per heavy atom. The van der Waals surface area contributed by atoms with Gasteiger partial charge in [-0.15, -0.1) is 0 Å². The molecule has 0 unspecified atom stereocenters. The van der Waals surface area contributed by atoms with Gasteiger partial charge in [-0.05, 0) is 62.0 Å². The molecule has 0 radical (unpaired) electrons. The van der Waals surface area contributed by atoms with Gasteiger partial charge in [-0.1, -0.05) is 25.1 Å². The van der Waals surface area contributed by atoms with E-state index in [4.69, 9.17) is 4.52 Å². The van der Waals surface area contributed by atoms with Gasteiger partial charge in [0.05, 0.1) is 5.75 Å². The molecule has 2 saturated carbocycles. The minimum Gasteiger partial charge on any atom is -0.340 e. The van der Waals surface area contributed by atoms with Crippen LogP contribution in [0.1, 0.15) is 80.1 Å². The van der Waals surface area contributed by atoms with Gasteiger partial charge in [0.1, 0.15) is 11.2 Å². The second-order valence-corrected chi connectivity index (χ2v) is 11.1. The van der Waals surface area contributed by atoms with E-state index in [0.717, 1.165) is 31.2 Å². The molecule has 2 heterocycles. The number of rotatable bonds is 8. The number of sulfone groups is 1. The van der Waals surface area contributed by atoms with Crippen LogP contribution in [-0.2, 0) is 15.4 Å². The summed E-state index contributed by atoms with van der Waals surface area (Å²) in [5, 5.41) is 7.07. The van der Waals surface area contributed by atoms with Crippen molar-refractivity contribution in [2.24, 2.45) is 11.8 Å². The molecule has 9 heteroatoms. The highest BCUT2D eigenvalue weighted by Crippen LogP contribution is 2.45. The Morgan fingerprint density at radius 2 is 1.93 bits per heavy atom. The van der Waals surface area contributed by atoms with E-state index < -0.39 is 21.3 Å². The fourth-order valence-corrected chi connectivity index (χ4v) is 5.73. The number of nitrogens with zero attached hydrogens (tertiary/aromatic N) is 3. The number of carbonyl (C=O) groups excluding carboxylic acids is 1. The van der Waals surface area contributed by atoms with Crippen LogP contribution in [0.4, 0.5) is 0 Å². The number of nitrogens with one attached hydrogen (secondary N) is 1. The summed E-state index contributed by atoms with van der Waals surface area (Å²) >= 11 is 0. The van der Waals surface area contributed by atoms with Gasteiger partial charge < -0.3 is 9.84 Å². The molecule has 2 aromatic rings. The maximum Gasteiger partial charge on any atom is 0.270 e. The van der Waals surface area contributed by atoms with Gasteiger partial charge in [-0.2, -0.15) is 4.98 Å². The monoisotopic (exact) mass is 432 g/mol. The van der Waals surface area contributed by atoms with Gasteiger partial charge >= 0.3 is 0 Å². The molecule has 0 bridgehead atoms. The predicted octanol–water partition coefficient (Wildman–Crippen LogP) is 3.14. The predicted molar refractivity (Wildman–Crippen MR) is 110 cm³/mol. The van der Waals surface area contributed by atoms with Gasteiger partial charge in [0.2, 0.25) is 5.89 Å². The van der Waals surface area contributed by atoms with E-state index >= 15 is 0 Å². The third-order valence-corrected chi connectivity index (χ3v) is 7.77. The number of carbonyl (C=O) groups is 1. The molecule has 1 atom stereocenters. The molecule has 0 aliphatic heterocycles. The first-order valence-electron chi connectivity index (χ1n) is 10.5. The summed E-state index contributed by atoms with van der Waals surface area (Å²) in [7, 11) is -3.58. The number of aromatic nitrogens is 3. The van der Waals surface area contributed by atoms with Crippen molar-refractivity contribution in [3.8, 4) is 0 Å². The highest BCUT2D eigenvalue weighted by atomic mass is 32.2. The van der Waals surface area contributed by atoms with E-state index in [0.29, 0.717) is 11.7 Å². The molecule has 1 N–H and O–H groups in total. The van der Waals surface area contributed by atoms with Crippen LogP contribution < -0.4 is 5.32 Å². The summed E-state index contributed by atoms with van der Waals surface area (Å²) in [4.78, 5) is 21.8. The van der Waals surface area contributed by atoms with Crippen LogP contribution in [0.2, 0.25) is 0 Å². The molecule has 0 aromatic carbocycles. The Hall–Kier alpha value is -2.29. The molecule has 2 fully saturated rings. The van der Waals surface area contributed by atoms with Crippen molar-refractivity contribution in [1.82, 2.24) is 20.4 Å². The number of hydrogen-bond donors (Lipinski definition) is 1. The van der Waals surface area contributed by atoms with Gasteiger partial charge in [-0.25, -0.2) is 13.4 Å². The molecule has 4 rings (SSSR count). The molecule has 0 spiro atoms. The van der Waals surface area contributed by atoms with Crippen LogP contribution in [0, 0.1) is 18.8 Å². The Morgan fingerprint density at radius 1 is 1.23 bits per heavy atom. The van der Waals surface area contributed by atoms with Gasteiger partial charge in [0.15, 0.2) is 20.7 Å². The molecule has 162 valence electrons. The lowest BCUT2D eigenvalue weighted by atomic mass is 9.94. The molecule has 0 saturated heterocycles. The molecule has 1 amide bonds. The number of pyridine rings is 1. The molecule has 30 heavy (non-hydrogen) atoms. The number of hydrogen-bond acceptors (Lipinski definition) is 7. The Kier molecular flexibility index (Phi) is 5.20. The smallest absolute Gasteiger partial charge is 0.270 e. The molecular formula is C21H28N4O4S. The Labute approximate surface area is 176 Å². The van der Waals surface area contributed by atoms with Crippen molar-refractivity contribution >= 4 is 15.7 Å². The maximum atomic E-state index is 13.1. The maximum absolute atomic E-state index is 13.1. The van der Waals surface area contributed by atoms with Crippen LogP contribution in [-0.4, -0.2) is 35.2 Å². The zero-order valence-electron chi connectivity index (χ0n) is 17.8. The van der Waals surface area contributed by atoms with Crippen LogP contribution >= 0.6 is 0 Å². The summed E-state index contributed by atoms with van der Waals surface area (Å²) in [6, 6.07) is 3.37. The quantitative estimate of drug-likeness (QED) is 0.681. The van der Waals surface area contributed by atoms with Crippen molar-refractivity contribution in [2.45, 2.75) is 69.9 Å². The third kappa shape index (κ3) is 4.12. The van der Waals surface area contributed by atoms with Crippen LogP contribution in [0.25, 0.3) is 0 Å². The summed E-state index contributed by atoms with van der Waals surface area (Å²) in [5.74, 6) is 0.820. The highest BCUT2D eigenvalue weighted by molar-refractivity contribution is 7.91. The summed E-state index contributed by atoms with van der Waals surface area (Å²) in [5.41, 5.74) is 0.0302. The summed E-state index contributed by atoms with van der Waals surface area (Å²) in [6.45, 7) is 7.30. The number of aryl methyl sites for hydroxylation is 1. The summed E-state index contributed by atoms with van der Waals surface area (Å²) < 4.78 is 31.1. The molecule has 2 aromatic heterocycles. The zero-order valence-corrected chi connectivity index (χ0v) is 18.6. The van der Waals surface area contributed by atoms with E-state index in [9.17, 15) is 13.2 Å². The Balaban J connectivity index is 1.66. The van der Waals surface area contributed by atoms with Gasteiger partial charge in [0.25, 0.3) is 5.91 Å². The van der Waals surface area contributed by atoms with E-state index in [-0.39, 0.29) is 34.2 Å². The van der Waals surface area contributed by atoms with Crippen molar-refractivity contribution in [1.29, 1.82) is 0 Å². The molecular weight excluding hydrogens is 404 g/mol. The first kappa shape index (κ1) is 21.0. The van der Waals surface area contributed by atoms with Crippen molar-refractivity contribution in [3.63, 3.8) is 0 Å². The highest BCUT2D eigenvalue weighted by Gasteiger charge is 2.47. The average molecular weight is 433 g/mol.